The highest BCUT2D eigenvalue weighted by molar-refractivity contribution is 7.09. The molecule has 0 bridgehead atoms. The number of aromatic nitrogens is 3. The summed E-state index contributed by atoms with van der Waals surface area (Å²) >= 11 is 7.33. The maximum atomic E-state index is 5.89. The molecule has 3 aromatic rings. The predicted octanol–water partition coefficient (Wildman–Crippen LogP) is 3.62. The number of nitrogens with zero attached hydrogens (tertiary/aromatic N) is 5. The lowest BCUT2D eigenvalue weighted by molar-refractivity contribution is 0.261. The van der Waals surface area contributed by atoms with Gasteiger partial charge in [-0.3, -0.25) is 9.88 Å². The first-order valence-electron chi connectivity index (χ1n) is 8.75. The Bertz CT molecular complexity index is 829. The van der Waals surface area contributed by atoms with Crippen molar-refractivity contribution in [1.29, 1.82) is 0 Å². The molecule has 134 valence electrons. The number of hydrogen-bond donors (Lipinski definition) is 0. The van der Waals surface area contributed by atoms with Crippen LogP contribution in [0.15, 0.2) is 48.7 Å². The molecule has 3 heterocycles. The number of halogens is 1. The van der Waals surface area contributed by atoms with Gasteiger partial charge in [0.1, 0.15) is 5.69 Å². The van der Waals surface area contributed by atoms with Crippen LogP contribution in [-0.4, -0.2) is 52.0 Å². The van der Waals surface area contributed by atoms with Gasteiger partial charge >= 0.3 is 0 Å². The van der Waals surface area contributed by atoms with E-state index in [-0.39, 0.29) is 0 Å². The van der Waals surface area contributed by atoms with Gasteiger partial charge in [-0.15, -0.1) is 0 Å². The number of benzene rings is 1. The molecule has 1 aliphatic rings. The van der Waals surface area contributed by atoms with Crippen LogP contribution in [0.25, 0.3) is 11.5 Å². The molecule has 1 saturated heterocycles. The van der Waals surface area contributed by atoms with Crippen LogP contribution in [0.3, 0.4) is 0 Å². The Kier molecular flexibility index (Phi) is 5.43. The molecule has 0 unspecified atom stereocenters. The van der Waals surface area contributed by atoms with Crippen molar-refractivity contribution >= 4 is 28.3 Å². The zero-order chi connectivity index (χ0) is 17.8. The lowest BCUT2D eigenvalue weighted by Crippen LogP contribution is -2.47. The molecule has 7 heteroatoms. The SMILES string of the molecule is Clc1ccc(-c2nsc(N3CCN(CCc4ccccc4)CC3)n2)nc1. The van der Waals surface area contributed by atoms with E-state index in [2.05, 4.69) is 54.5 Å². The summed E-state index contributed by atoms with van der Waals surface area (Å²) in [5.74, 6) is 0.674. The summed E-state index contributed by atoms with van der Waals surface area (Å²) in [7, 11) is 0. The van der Waals surface area contributed by atoms with E-state index in [0.717, 1.165) is 50.0 Å². The molecular weight excluding hydrogens is 366 g/mol. The summed E-state index contributed by atoms with van der Waals surface area (Å²) in [6.07, 6.45) is 2.73. The highest BCUT2D eigenvalue weighted by Gasteiger charge is 2.20. The van der Waals surface area contributed by atoms with Crippen molar-refractivity contribution in [3.05, 3.63) is 59.2 Å². The number of pyridine rings is 1. The molecule has 0 N–H and O–H groups in total. The second-order valence-electron chi connectivity index (χ2n) is 6.33. The van der Waals surface area contributed by atoms with E-state index in [9.17, 15) is 0 Å². The van der Waals surface area contributed by atoms with E-state index in [1.54, 1.807) is 6.20 Å². The van der Waals surface area contributed by atoms with Crippen molar-refractivity contribution in [3.8, 4) is 11.5 Å². The molecule has 0 aliphatic carbocycles. The summed E-state index contributed by atoms with van der Waals surface area (Å²) in [6.45, 7) is 5.19. The van der Waals surface area contributed by atoms with Gasteiger partial charge in [0.15, 0.2) is 5.82 Å². The van der Waals surface area contributed by atoms with E-state index >= 15 is 0 Å². The Morgan fingerprint density at radius 2 is 1.81 bits per heavy atom. The van der Waals surface area contributed by atoms with Gasteiger partial charge in [0.25, 0.3) is 0 Å². The number of hydrogen-bond acceptors (Lipinski definition) is 6. The molecule has 0 radical (unpaired) electrons. The first kappa shape index (κ1) is 17.4. The Balaban J connectivity index is 1.31. The summed E-state index contributed by atoms with van der Waals surface area (Å²) in [5, 5.41) is 1.59. The van der Waals surface area contributed by atoms with Crippen LogP contribution >= 0.6 is 23.1 Å². The zero-order valence-electron chi connectivity index (χ0n) is 14.4. The second kappa shape index (κ2) is 8.12. The van der Waals surface area contributed by atoms with Gasteiger partial charge in [-0.2, -0.15) is 9.36 Å². The monoisotopic (exact) mass is 385 g/mol. The van der Waals surface area contributed by atoms with E-state index < -0.39 is 0 Å². The molecule has 1 fully saturated rings. The maximum Gasteiger partial charge on any atom is 0.205 e. The zero-order valence-corrected chi connectivity index (χ0v) is 16.0. The lowest BCUT2D eigenvalue weighted by Gasteiger charge is -2.34. The Morgan fingerprint density at radius 3 is 2.54 bits per heavy atom. The van der Waals surface area contributed by atoms with E-state index in [1.807, 2.05) is 12.1 Å². The molecular formula is C19H20ClN5S. The van der Waals surface area contributed by atoms with Crippen LogP contribution in [0.4, 0.5) is 5.13 Å². The number of anilines is 1. The topological polar surface area (TPSA) is 45.2 Å². The van der Waals surface area contributed by atoms with Crippen molar-refractivity contribution < 1.29 is 0 Å². The van der Waals surface area contributed by atoms with Crippen molar-refractivity contribution in [3.63, 3.8) is 0 Å². The minimum atomic E-state index is 0.621. The minimum absolute atomic E-state index is 0.621. The molecule has 4 rings (SSSR count). The van der Waals surface area contributed by atoms with Crippen molar-refractivity contribution in [1.82, 2.24) is 19.2 Å². The van der Waals surface area contributed by atoms with Gasteiger partial charge in [0.05, 0.1) is 5.02 Å². The van der Waals surface area contributed by atoms with Crippen LogP contribution in [0.5, 0.6) is 0 Å². The molecule has 0 spiro atoms. The fraction of sp³-hybridized carbons (Fsp3) is 0.316. The molecule has 5 nitrogen and oxygen atoms in total. The van der Waals surface area contributed by atoms with E-state index in [1.165, 1.54) is 17.1 Å². The average molecular weight is 386 g/mol. The molecule has 26 heavy (non-hydrogen) atoms. The normalized spacial score (nSPS) is 15.3. The standard InChI is InChI=1S/C19H20ClN5S/c20-16-6-7-17(21-14-16)18-22-19(26-23-18)25-12-10-24(11-13-25)9-8-15-4-2-1-3-5-15/h1-7,14H,8-13H2. The fourth-order valence-electron chi connectivity index (χ4n) is 3.05. The highest BCUT2D eigenvalue weighted by Crippen LogP contribution is 2.24. The van der Waals surface area contributed by atoms with Crippen LogP contribution in [0, 0.1) is 0 Å². The molecule has 1 aromatic carbocycles. The van der Waals surface area contributed by atoms with Crippen molar-refractivity contribution in [2.75, 3.05) is 37.6 Å². The maximum absolute atomic E-state index is 5.89. The highest BCUT2D eigenvalue weighted by atomic mass is 35.5. The van der Waals surface area contributed by atoms with Gasteiger partial charge in [0, 0.05) is 50.5 Å². The minimum Gasteiger partial charge on any atom is -0.344 e. The van der Waals surface area contributed by atoms with Gasteiger partial charge in [-0.1, -0.05) is 41.9 Å². The van der Waals surface area contributed by atoms with Crippen molar-refractivity contribution in [2.45, 2.75) is 6.42 Å². The Hall–Kier alpha value is -2.02. The largest absolute Gasteiger partial charge is 0.344 e. The third kappa shape index (κ3) is 4.20. The van der Waals surface area contributed by atoms with Gasteiger partial charge in [-0.05, 0) is 24.1 Å². The van der Waals surface area contributed by atoms with Gasteiger partial charge in [0.2, 0.25) is 5.13 Å². The number of piperazine rings is 1. The van der Waals surface area contributed by atoms with E-state index in [4.69, 9.17) is 11.6 Å². The first-order valence-corrected chi connectivity index (χ1v) is 9.90. The van der Waals surface area contributed by atoms with E-state index in [0.29, 0.717) is 10.8 Å². The second-order valence-corrected chi connectivity index (χ2v) is 7.49. The Morgan fingerprint density at radius 1 is 1.00 bits per heavy atom. The third-order valence-electron chi connectivity index (χ3n) is 4.57. The summed E-state index contributed by atoms with van der Waals surface area (Å²) in [4.78, 5) is 13.8. The number of rotatable bonds is 5. The van der Waals surface area contributed by atoms with Crippen LogP contribution in [-0.2, 0) is 6.42 Å². The summed E-state index contributed by atoms with van der Waals surface area (Å²) in [5.41, 5.74) is 2.16. The molecule has 0 atom stereocenters. The van der Waals surface area contributed by atoms with Crippen molar-refractivity contribution in [2.24, 2.45) is 0 Å². The van der Waals surface area contributed by atoms with Crippen LogP contribution in [0.1, 0.15) is 5.56 Å². The van der Waals surface area contributed by atoms with Crippen LogP contribution in [0.2, 0.25) is 5.02 Å². The molecule has 1 aliphatic heterocycles. The predicted molar refractivity (Wildman–Crippen MR) is 107 cm³/mol. The lowest BCUT2D eigenvalue weighted by atomic mass is 10.1. The Labute approximate surface area is 162 Å². The van der Waals surface area contributed by atoms with Gasteiger partial charge < -0.3 is 4.90 Å². The quantitative estimate of drug-likeness (QED) is 0.671. The fourth-order valence-corrected chi connectivity index (χ4v) is 3.89. The molecule has 0 saturated carbocycles. The summed E-state index contributed by atoms with van der Waals surface area (Å²) < 4.78 is 4.46. The smallest absolute Gasteiger partial charge is 0.205 e. The third-order valence-corrected chi connectivity index (χ3v) is 5.57. The molecule has 0 amide bonds. The first-order chi connectivity index (χ1) is 12.8. The summed E-state index contributed by atoms with van der Waals surface area (Å²) in [6, 6.07) is 14.4. The van der Waals surface area contributed by atoms with Gasteiger partial charge in [-0.25, -0.2) is 0 Å². The molecule has 2 aromatic heterocycles. The van der Waals surface area contributed by atoms with Crippen LogP contribution < -0.4 is 4.90 Å². The average Bonchev–Trinajstić information content (AvgIpc) is 3.18.